The molecule has 2 aromatic heterocycles. The Bertz CT molecular complexity index is 1100. The van der Waals surface area contributed by atoms with E-state index in [1.807, 2.05) is 0 Å². The van der Waals surface area contributed by atoms with E-state index in [0.717, 1.165) is 10.5 Å². The van der Waals surface area contributed by atoms with Crippen LogP contribution in [0.2, 0.25) is 0 Å². The summed E-state index contributed by atoms with van der Waals surface area (Å²) in [5.74, 6) is -2.29. The van der Waals surface area contributed by atoms with Crippen LogP contribution in [0.3, 0.4) is 0 Å². The number of nitrogens with zero attached hydrogens (tertiary/aromatic N) is 4. The fourth-order valence-corrected chi connectivity index (χ4v) is 3.81. The van der Waals surface area contributed by atoms with Crippen molar-refractivity contribution in [3.63, 3.8) is 0 Å². The van der Waals surface area contributed by atoms with Gasteiger partial charge in [-0.05, 0) is 23.8 Å². The number of carbonyl (C=O) groups is 1. The maximum atomic E-state index is 15.1. The van der Waals surface area contributed by atoms with Crippen molar-refractivity contribution < 1.29 is 22.9 Å². The molecule has 11 heteroatoms. The summed E-state index contributed by atoms with van der Waals surface area (Å²) in [6.07, 6.45) is 5.55. The number of aromatic nitrogens is 3. The van der Waals surface area contributed by atoms with Gasteiger partial charge in [-0.15, -0.1) is 0 Å². The minimum absolute atomic E-state index is 0.104. The summed E-state index contributed by atoms with van der Waals surface area (Å²) in [5, 5.41) is 14.2. The summed E-state index contributed by atoms with van der Waals surface area (Å²) < 4.78 is 44.9. The molecule has 1 atom stereocenters. The Morgan fingerprint density at radius 1 is 1.25 bits per heavy atom. The van der Waals surface area contributed by atoms with Crippen molar-refractivity contribution in [3.8, 4) is 16.9 Å². The van der Waals surface area contributed by atoms with Crippen LogP contribution in [-0.2, 0) is 22.5 Å². The highest BCUT2D eigenvalue weighted by Crippen LogP contribution is 2.37. The van der Waals surface area contributed by atoms with Gasteiger partial charge in [-0.3, -0.25) is 23.5 Å². The quantitative estimate of drug-likeness (QED) is 0.685. The molecule has 1 amide bonds. The average Bonchev–Trinajstić information content (AvgIpc) is 3.21. The number of nitrogens with one attached hydrogen (secondary N) is 1. The molecule has 0 aliphatic carbocycles. The number of aromatic hydroxyl groups is 1. The standard InChI is InChI=1S/C17H13F2N5O3S/c18-12-3-10(4-20-6-12)7-23-8-11(5-21-23)13-1-2-14(25)17(16(13)19)24-9-15(26)22-28(24)27/h1-6,8,25H,7,9H2,(H,22,26). The Labute approximate surface area is 160 Å². The molecule has 1 saturated heterocycles. The lowest BCUT2D eigenvalue weighted by molar-refractivity contribution is -0.117. The number of benzene rings is 1. The molecule has 28 heavy (non-hydrogen) atoms. The molecule has 0 bridgehead atoms. The van der Waals surface area contributed by atoms with Gasteiger partial charge in [0, 0.05) is 23.5 Å². The highest BCUT2D eigenvalue weighted by atomic mass is 32.2. The number of hydrogen-bond acceptors (Lipinski definition) is 5. The predicted molar refractivity (Wildman–Crippen MR) is 96.2 cm³/mol. The zero-order chi connectivity index (χ0) is 19.8. The molecule has 1 aliphatic rings. The largest absolute Gasteiger partial charge is 0.506 e. The first-order valence-electron chi connectivity index (χ1n) is 8.05. The topological polar surface area (TPSA) is 100 Å². The van der Waals surface area contributed by atoms with Crippen LogP contribution in [0.15, 0.2) is 43.0 Å². The summed E-state index contributed by atoms with van der Waals surface area (Å²) in [5.41, 5.74) is 0.745. The highest BCUT2D eigenvalue weighted by Gasteiger charge is 2.32. The van der Waals surface area contributed by atoms with E-state index in [0.29, 0.717) is 11.1 Å². The first kappa shape index (κ1) is 18.0. The maximum Gasteiger partial charge on any atom is 0.253 e. The second kappa shape index (κ2) is 7.00. The number of carbonyl (C=O) groups excluding carboxylic acids is 1. The van der Waals surface area contributed by atoms with Crippen LogP contribution >= 0.6 is 0 Å². The molecule has 1 aliphatic heterocycles. The van der Waals surface area contributed by atoms with Gasteiger partial charge in [-0.25, -0.2) is 13.0 Å². The molecule has 144 valence electrons. The first-order valence-corrected chi connectivity index (χ1v) is 9.15. The molecule has 2 N–H and O–H groups in total. The summed E-state index contributed by atoms with van der Waals surface area (Å²) in [6, 6.07) is 3.93. The van der Waals surface area contributed by atoms with E-state index in [9.17, 15) is 18.5 Å². The van der Waals surface area contributed by atoms with Gasteiger partial charge < -0.3 is 5.11 Å². The molecule has 0 radical (unpaired) electrons. The molecule has 8 nitrogen and oxygen atoms in total. The third-order valence-electron chi connectivity index (χ3n) is 4.08. The van der Waals surface area contributed by atoms with E-state index in [4.69, 9.17) is 0 Å². The second-order valence-corrected chi connectivity index (χ2v) is 7.19. The maximum absolute atomic E-state index is 15.1. The SMILES string of the molecule is O=C1CN(c2c(O)ccc(-c3cnn(Cc4cncc(F)c4)c3)c2F)S(=O)N1. The summed E-state index contributed by atoms with van der Waals surface area (Å²) in [4.78, 5) is 15.2. The number of anilines is 1. The van der Waals surface area contributed by atoms with Gasteiger partial charge in [0.25, 0.3) is 5.91 Å². The van der Waals surface area contributed by atoms with Crippen LogP contribution in [0.4, 0.5) is 14.5 Å². The Hall–Kier alpha value is -3.34. The molecular weight excluding hydrogens is 392 g/mol. The van der Waals surface area contributed by atoms with Gasteiger partial charge in [0.05, 0.1) is 18.9 Å². The van der Waals surface area contributed by atoms with Crippen molar-refractivity contribution in [1.82, 2.24) is 19.5 Å². The summed E-state index contributed by atoms with van der Waals surface area (Å²) in [7, 11) is 0. The predicted octanol–water partition coefficient (Wildman–Crippen LogP) is 1.49. The minimum Gasteiger partial charge on any atom is -0.506 e. The molecule has 0 saturated carbocycles. The third-order valence-corrected chi connectivity index (χ3v) is 5.20. The molecule has 3 aromatic rings. The van der Waals surface area contributed by atoms with Crippen LogP contribution in [0.25, 0.3) is 11.1 Å². The molecule has 3 heterocycles. The number of phenols is 1. The van der Waals surface area contributed by atoms with E-state index in [2.05, 4.69) is 14.8 Å². The van der Waals surface area contributed by atoms with E-state index in [1.54, 1.807) is 6.20 Å². The van der Waals surface area contributed by atoms with E-state index in [-0.39, 0.29) is 24.3 Å². The van der Waals surface area contributed by atoms with Gasteiger partial charge in [-0.1, -0.05) is 0 Å². The minimum atomic E-state index is -1.98. The number of rotatable bonds is 4. The molecule has 1 unspecified atom stereocenters. The second-order valence-electron chi connectivity index (χ2n) is 6.04. The molecular formula is C17H13F2N5O3S. The number of hydrogen-bond donors (Lipinski definition) is 2. The third kappa shape index (κ3) is 3.31. The van der Waals surface area contributed by atoms with Crippen LogP contribution in [0.5, 0.6) is 5.75 Å². The lowest BCUT2D eigenvalue weighted by Crippen LogP contribution is -2.23. The smallest absolute Gasteiger partial charge is 0.253 e. The monoisotopic (exact) mass is 405 g/mol. The van der Waals surface area contributed by atoms with Gasteiger partial charge in [0.15, 0.2) is 5.82 Å². The zero-order valence-electron chi connectivity index (χ0n) is 14.2. The molecule has 4 rings (SSSR count). The van der Waals surface area contributed by atoms with Gasteiger partial charge >= 0.3 is 0 Å². The van der Waals surface area contributed by atoms with Gasteiger partial charge in [0.2, 0.25) is 11.2 Å². The molecule has 1 aromatic carbocycles. The lowest BCUT2D eigenvalue weighted by Gasteiger charge is -2.17. The fourth-order valence-electron chi connectivity index (χ4n) is 2.87. The Balaban J connectivity index is 1.67. The van der Waals surface area contributed by atoms with E-state index in [1.165, 1.54) is 35.3 Å². The van der Waals surface area contributed by atoms with Crippen molar-refractivity contribution in [2.24, 2.45) is 0 Å². The Morgan fingerprint density at radius 2 is 2.07 bits per heavy atom. The Kier molecular flexibility index (Phi) is 4.51. The fraction of sp³-hybridized carbons (Fsp3) is 0.118. The van der Waals surface area contributed by atoms with Gasteiger partial charge in [0.1, 0.15) is 23.8 Å². The zero-order valence-corrected chi connectivity index (χ0v) is 15.0. The van der Waals surface area contributed by atoms with Crippen molar-refractivity contribution in [2.45, 2.75) is 6.54 Å². The number of pyridine rings is 1. The van der Waals surface area contributed by atoms with E-state index >= 15 is 4.39 Å². The summed E-state index contributed by atoms with van der Waals surface area (Å²) >= 11 is -1.98. The van der Waals surface area contributed by atoms with Crippen LogP contribution in [0.1, 0.15) is 5.56 Å². The molecule has 0 spiro atoms. The van der Waals surface area contributed by atoms with Crippen molar-refractivity contribution in [2.75, 3.05) is 10.8 Å². The highest BCUT2D eigenvalue weighted by molar-refractivity contribution is 7.85. The first-order chi connectivity index (χ1) is 13.4. The molecule has 1 fully saturated rings. The number of amides is 1. The van der Waals surface area contributed by atoms with Crippen LogP contribution in [0, 0.1) is 11.6 Å². The van der Waals surface area contributed by atoms with E-state index < -0.39 is 34.5 Å². The van der Waals surface area contributed by atoms with Crippen LogP contribution in [-0.4, -0.2) is 36.5 Å². The average molecular weight is 405 g/mol. The normalized spacial score (nSPS) is 16.4. The number of halogens is 2. The van der Waals surface area contributed by atoms with Crippen molar-refractivity contribution in [1.29, 1.82) is 0 Å². The van der Waals surface area contributed by atoms with Crippen molar-refractivity contribution in [3.05, 3.63) is 60.2 Å². The summed E-state index contributed by atoms with van der Waals surface area (Å²) in [6.45, 7) is -0.113. The lowest BCUT2D eigenvalue weighted by atomic mass is 10.1. The van der Waals surface area contributed by atoms with Gasteiger partial charge in [-0.2, -0.15) is 5.10 Å². The van der Waals surface area contributed by atoms with Crippen molar-refractivity contribution >= 4 is 22.8 Å². The Morgan fingerprint density at radius 3 is 2.79 bits per heavy atom. The van der Waals surface area contributed by atoms with Crippen LogP contribution < -0.4 is 9.03 Å². The number of phenolic OH excluding ortho intramolecular Hbond substituents is 1.